The molecule has 6 aliphatic rings. The van der Waals surface area contributed by atoms with Gasteiger partial charge in [-0.3, -0.25) is 9.88 Å². The van der Waals surface area contributed by atoms with E-state index in [0.29, 0.717) is 17.3 Å². The largest absolute Gasteiger partial charge is 0.497 e. The van der Waals surface area contributed by atoms with Crippen LogP contribution in [0, 0.1) is 17.8 Å². The maximum atomic E-state index is 11.2. The third-order valence-corrected chi connectivity index (χ3v) is 12.1. The van der Waals surface area contributed by atoms with E-state index in [1.807, 2.05) is 24.3 Å². The van der Waals surface area contributed by atoms with E-state index in [0.717, 1.165) is 59.4 Å². The van der Waals surface area contributed by atoms with E-state index >= 15 is 0 Å². The number of aliphatic hydroxyl groups excluding tert-OH is 1. The van der Waals surface area contributed by atoms with Gasteiger partial charge in [-0.15, -0.1) is 6.58 Å². The van der Waals surface area contributed by atoms with Gasteiger partial charge in [0.2, 0.25) is 0 Å². The summed E-state index contributed by atoms with van der Waals surface area (Å²) in [7, 11) is 5.78. The summed E-state index contributed by atoms with van der Waals surface area (Å²) in [5.41, 5.74) is 5.52. The van der Waals surface area contributed by atoms with Gasteiger partial charge in [-0.1, -0.05) is 25.0 Å². The van der Waals surface area contributed by atoms with Gasteiger partial charge in [-0.05, 0) is 130 Å². The first-order valence-electron chi connectivity index (χ1n) is 16.8. The molecule has 0 amide bonds. The van der Waals surface area contributed by atoms with Crippen LogP contribution in [0.2, 0.25) is 0 Å². The number of rotatable bonds is 5. The quantitative estimate of drug-likeness (QED) is 0.338. The molecule has 5 heterocycles. The van der Waals surface area contributed by atoms with E-state index < -0.39 is 6.10 Å². The highest BCUT2D eigenvalue weighted by Crippen LogP contribution is 2.56. The number of piperidine rings is 4. The second kappa shape index (κ2) is 12.1. The number of ether oxygens (including phenoxy) is 2. The molecule has 44 heavy (non-hydrogen) atoms. The van der Waals surface area contributed by atoms with Crippen molar-refractivity contribution in [2.75, 3.05) is 40.9 Å². The summed E-state index contributed by atoms with van der Waals surface area (Å²) < 4.78 is 10.9. The number of likely N-dealkylation sites (tertiary alicyclic amines) is 1. The molecule has 8 atom stereocenters. The van der Waals surface area contributed by atoms with Crippen LogP contribution in [0.4, 0.5) is 0 Å². The summed E-state index contributed by atoms with van der Waals surface area (Å²) in [5, 5.41) is 12.1. The minimum atomic E-state index is -0.504. The molecule has 6 heteroatoms. The Labute approximate surface area is 263 Å². The summed E-state index contributed by atoms with van der Waals surface area (Å²) in [4.78, 5) is 9.48. The highest BCUT2D eigenvalue weighted by Gasteiger charge is 2.53. The Hall–Kier alpha value is -2.93. The topological polar surface area (TPSA) is 58.1 Å². The summed E-state index contributed by atoms with van der Waals surface area (Å²) in [6.07, 6.45) is 13.8. The molecular weight excluding hydrogens is 546 g/mol. The van der Waals surface area contributed by atoms with E-state index in [2.05, 4.69) is 52.7 Å². The Kier molecular flexibility index (Phi) is 8.19. The lowest BCUT2D eigenvalue weighted by Crippen LogP contribution is -2.59. The highest BCUT2D eigenvalue weighted by atomic mass is 16.5. The minimum Gasteiger partial charge on any atom is -0.497 e. The van der Waals surface area contributed by atoms with Gasteiger partial charge in [0.25, 0.3) is 0 Å². The Morgan fingerprint density at radius 3 is 2.61 bits per heavy atom. The van der Waals surface area contributed by atoms with Crippen LogP contribution in [0.5, 0.6) is 11.5 Å². The number of aliphatic hydroxyl groups is 1. The number of benzene rings is 2. The molecule has 1 N–H and O–H groups in total. The molecule has 1 saturated carbocycles. The summed E-state index contributed by atoms with van der Waals surface area (Å²) >= 11 is 0. The molecule has 0 radical (unpaired) electrons. The van der Waals surface area contributed by atoms with Gasteiger partial charge in [0.15, 0.2) is 0 Å². The van der Waals surface area contributed by atoms with E-state index in [1.54, 1.807) is 31.5 Å². The van der Waals surface area contributed by atoms with Crippen LogP contribution in [0.15, 0.2) is 61.3 Å². The van der Waals surface area contributed by atoms with Crippen molar-refractivity contribution < 1.29 is 14.6 Å². The predicted octanol–water partition coefficient (Wildman–Crippen LogP) is 6.56. The second-order valence-corrected chi connectivity index (χ2v) is 14.0. The van der Waals surface area contributed by atoms with Gasteiger partial charge in [0.1, 0.15) is 11.5 Å². The molecule has 1 aromatic heterocycles. The van der Waals surface area contributed by atoms with Crippen molar-refractivity contribution in [2.24, 2.45) is 17.8 Å². The Bertz CT molecular complexity index is 1510. The fourth-order valence-corrected chi connectivity index (χ4v) is 9.75. The van der Waals surface area contributed by atoms with Crippen LogP contribution in [0.3, 0.4) is 0 Å². The van der Waals surface area contributed by atoms with Gasteiger partial charge < -0.3 is 19.5 Å². The average Bonchev–Trinajstić information content (AvgIpc) is 3.09. The Balaban J connectivity index is 0.000000144. The maximum Gasteiger partial charge on any atom is 0.119 e. The third-order valence-electron chi connectivity index (χ3n) is 12.1. The van der Waals surface area contributed by atoms with Crippen molar-refractivity contribution in [3.63, 3.8) is 0 Å². The molecule has 2 aliphatic carbocycles. The first kappa shape index (κ1) is 29.8. The lowest BCUT2D eigenvalue weighted by atomic mass is 9.52. The highest BCUT2D eigenvalue weighted by molar-refractivity contribution is 5.84. The maximum absolute atomic E-state index is 11.2. The first-order chi connectivity index (χ1) is 21.5. The van der Waals surface area contributed by atoms with Crippen LogP contribution >= 0.6 is 0 Å². The SMILES string of the molecule is C=C[C@H]1CN2CC[C@H]1C[C@H]2[C@@H](O)c1ccnc2ccc(OC)cc12.COc1ccc2c(c1)[C@]13CCCC[C@@H]1[C@H](C2)N(C)CC3. The standard InChI is InChI=1S/C20H24N2O2.C18H25NO/c1-3-13-12-22-9-7-14(13)10-19(22)20(23)16-6-8-21-18-5-4-15(24-2)11-17(16)18;1-19-10-9-18-8-4-3-5-15(18)17(19)11-13-6-7-14(20-2)12-16(13)18/h3-6,8,11,13-14,19-20,23H,1,7,9-10,12H2,2H3;6-7,12,15,17H,3-5,8-11H2,1-2H3/t13-,14-,19-,20-;15-,17+,18+/m01/s1. The third kappa shape index (κ3) is 5.03. The van der Waals surface area contributed by atoms with E-state index in [4.69, 9.17) is 9.47 Å². The molecule has 9 rings (SSSR count). The average molecular weight is 596 g/mol. The molecular formula is C38H49N3O3. The van der Waals surface area contributed by atoms with Crippen molar-refractivity contribution in [1.82, 2.24) is 14.8 Å². The van der Waals surface area contributed by atoms with Crippen molar-refractivity contribution in [2.45, 2.75) is 75.0 Å². The number of hydrogen-bond donors (Lipinski definition) is 1. The first-order valence-corrected chi connectivity index (χ1v) is 16.8. The van der Waals surface area contributed by atoms with Crippen molar-refractivity contribution in [3.8, 4) is 11.5 Å². The van der Waals surface area contributed by atoms with Gasteiger partial charge >= 0.3 is 0 Å². The minimum absolute atomic E-state index is 0.178. The number of likely N-dealkylation sites (N-methyl/N-ethyl adjacent to an activating group) is 1. The number of fused-ring (bicyclic) bond motifs is 5. The molecule has 4 bridgehead atoms. The zero-order valence-corrected chi connectivity index (χ0v) is 26.8. The molecule has 2 aromatic carbocycles. The van der Waals surface area contributed by atoms with Gasteiger partial charge in [0, 0.05) is 35.6 Å². The van der Waals surface area contributed by atoms with E-state index in [-0.39, 0.29) is 6.04 Å². The number of pyridine rings is 1. The second-order valence-electron chi connectivity index (χ2n) is 14.0. The van der Waals surface area contributed by atoms with Gasteiger partial charge in [-0.25, -0.2) is 0 Å². The Morgan fingerprint density at radius 2 is 1.84 bits per heavy atom. The van der Waals surface area contributed by atoms with Gasteiger partial charge in [-0.2, -0.15) is 0 Å². The number of hydrogen-bond acceptors (Lipinski definition) is 6. The monoisotopic (exact) mass is 595 g/mol. The lowest BCUT2D eigenvalue weighted by molar-refractivity contribution is -0.0444. The fraction of sp³-hybridized carbons (Fsp3) is 0.553. The smallest absolute Gasteiger partial charge is 0.119 e. The normalized spacial score (nSPS) is 32.9. The molecule has 1 unspecified atom stereocenters. The predicted molar refractivity (Wildman–Crippen MR) is 176 cm³/mol. The van der Waals surface area contributed by atoms with Crippen molar-refractivity contribution in [1.29, 1.82) is 0 Å². The molecule has 234 valence electrons. The van der Waals surface area contributed by atoms with Gasteiger partial charge in [0.05, 0.1) is 25.8 Å². The van der Waals surface area contributed by atoms with Crippen LogP contribution in [-0.2, 0) is 11.8 Å². The summed E-state index contributed by atoms with van der Waals surface area (Å²) in [6.45, 7) is 7.33. The molecule has 4 saturated heterocycles. The molecule has 4 aliphatic heterocycles. The lowest BCUT2D eigenvalue weighted by Gasteiger charge is -2.58. The number of nitrogens with zero attached hydrogens (tertiary/aromatic N) is 3. The molecule has 3 aromatic rings. The number of methoxy groups -OCH3 is 2. The van der Waals surface area contributed by atoms with Crippen molar-refractivity contribution in [3.05, 3.63) is 78.0 Å². The molecule has 0 spiro atoms. The van der Waals surface area contributed by atoms with Crippen molar-refractivity contribution >= 4 is 10.9 Å². The number of aromatic nitrogens is 1. The fourth-order valence-electron chi connectivity index (χ4n) is 9.75. The Morgan fingerprint density at radius 1 is 1.02 bits per heavy atom. The van der Waals surface area contributed by atoms with Crippen LogP contribution in [0.25, 0.3) is 10.9 Å². The zero-order valence-electron chi connectivity index (χ0n) is 26.8. The van der Waals surface area contributed by atoms with E-state index in [9.17, 15) is 5.11 Å². The summed E-state index contributed by atoms with van der Waals surface area (Å²) in [5.74, 6) is 3.92. The molecule has 5 fully saturated rings. The zero-order chi connectivity index (χ0) is 30.4. The van der Waals surface area contributed by atoms with Crippen LogP contribution in [0.1, 0.15) is 67.7 Å². The van der Waals surface area contributed by atoms with E-state index in [1.165, 1.54) is 51.5 Å². The molecule has 6 nitrogen and oxygen atoms in total. The summed E-state index contributed by atoms with van der Waals surface area (Å²) in [6, 6.07) is 15.6. The van der Waals surface area contributed by atoms with Crippen LogP contribution < -0.4 is 9.47 Å². The van der Waals surface area contributed by atoms with Crippen LogP contribution in [-0.4, -0.2) is 72.9 Å².